The molecule has 7 nitrogen and oxygen atoms in total. The van der Waals surface area contributed by atoms with Crippen LogP contribution in [0.15, 0.2) is 24.5 Å². The summed E-state index contributed by atoms with van der Waals surface area (Å²) in [5.41, 5.74) is 0.662. The van der Waals surface area contributed by atoms with Crippen molar-refractivity contribution in [3.63, 3.8) is 0 Å². The van der Waals surface area contributed by atoms with Gasteiger partial charge in [0.2, 0.25) is 0 Å². The minimum Gasteiger partial charge on any atom is -0.484 e. The van der Waals surface area contributed by atoms with Crippen LogP contribution in [-0.2, 0) is 0 Å². The standard InChI is InChI=1S/C26H32F2N6O/c1-25(4-5-25)35-22-12-18-20(13-19(22)27)32-33-24(18)21-14-23(31-16-30-21)34-10-2-17(3-11-34)15-26(28)6-8-29-9-7-26/h12-14,16-17,29H,2-11,15H2,1H3,(H,32,33). The van der Waals surface area contributed by atoms with Crippen molar-refractivity contribution in [2.75, 3.05) is 31.1 Å². The van der Waals surface area contributed by atoms with Crippen molar-refractivity contribution in [2.24, 2.45) is 5.92 Å². The average molecular weight is 483 g/mol. The lowest BCUT2D eigenvalue weighted by atomic mass is 9.81. The Kier molecular flexibility index (Phi) is 5.62. The molecule has 1 aromatic carbocycles. The quantitative estimate of drug-likeness (QED) is 0.526. The maximum atomic E-state index is 15.1. The van der Waals surface area contributed by atoms with Crippen LogP contribution in [0.2, 0.25) is 0 Å². The second kappa shape index (κ2) is 8.69. The molecular weight excluding hydrogens is 450 g/mol. The van der Waals surface area contributed by atoms with Gasteiger partial charge in [0.15, 0.2) is 11.6 Å². The third-order valence-electron chi connectivity index (χ3n) is 7.92. The molecule has 1 aliphatic carbocycles. The molecule has 2 aromatic heterocycles. The number of nitrogens with zero attached hydrogens (tertiary/aromatic N) is 4. The second-order valence-electron chi connectivity index (χ2n) is 10.7. The van der Waals surface area contributed by atoms with Gasteiger partial charge in [0.05, 0.1) is 16.9 Å². The first-order chi connectivity index (χ1) is 16.9. The molecule has 3 aromatic rings. The number of aromatic nitrogens is 4. The van der Waals surface area contributed by atoms with E-state index in [9.17, 15) is 4.39 Å². The monoisotopic (exact) mass is 482 g/mol. The fourth-order valence-electron chi connectivity index (χ4n) is 5.45. The van der Waals surface area contributed by atoms with Gasteiger partial charge in [-0.05, 0) is 76.9 Å². The molecule has 2 aliphatic heterocycles. The minimum atomic E-state index is -1.01. The number of aromatic amines is 1. The fourth-order valence-corrected chi connectivity index (χ4v) is 5.45. The average Bonchev–Trinajstić information content (AvgIpc) is 3.44. The molecule has 3 fully saturated rings. The number of alkyl halides is 1. The number of ether oxygens (including phenoxy) is 1. The Morgan fingerprint density at radius 1 is 1.09 bits per heavy atom. The fraction of sp³-hybridized carbons (Fsp3) is 0.577. The van der Waals surface area contributed by atoms with Crippen LogP contribution in [0.25, 0.3) is 22.3 Å². The minimum absolute atomic E-state index is 0.246. The Morgan fingerprint density at radius 3 is 2.60 bits per heavy atom. The lowest BCUT2D eigenvalue weighted by Gasteiger charge is -2.38. The van der Waals surface area contributed by atoms with E-state index in [0.29, 0.717) is 36.4 Å². The van der Waals surface area contributed by atoms with Gasteiger partial charge in [-0.15, -0.1) is 0 Å². The molecule has 3 aliphatic rings. The van der Waals surface area contributed by atoms with Gasteiger partial charge in [-0.25, -0.2) is 18.7 Å². The number of benzene rings is 1. The van der Waals surface area contributed by atoms with Crippen molar-refractivity contribution in [2.45, 2.75) is 63.1 Å². The summed E-state index contributed by atoms with van der Waals surface area (Å²) in [7, 11) is 0. The normalized spacial score (nSPS) is 21.9. The van der Waals surface area contributed by atoms with Crippen molar-refractivity contribution >= 4 is 16.7 Å². The first-order valence-electron chi connectivity index (χ1n) is 12.7. The van der Waals surface area contributed by atoms with Crippen LogP contribution in [-0.4, -0.2) is 57.6 Å². The van der Waals surface area contributed by atoms with Gasteiger partial charge in [0, 0.05) is 30.6 Å². The van der Waals surface area contributed by atoms with E-state index in [2.05, 4.69) is 30.4 Å². The van der Waals surface area contributed by atoms with Crippen LogP contribution < -0.4 is 15.0 Å². The predicted molar refractivity (Wildman–Crippen MR) is 131 cm³/mol. The van der Waals surface area contributed by atoms with Gasteiger partial charge >= 0.3 is 0 Å². The Hall–Kier alpha value is -2.81. The molecule has 1 saturated carbocycles. The number of hydrogen-bond acceptors (Lipinski definition) is 6. The van der Waals surface area contributed by atoms with E-state index in [1.165, 1.54) is 6.07 Å². The summed E-state index contributed by atoms with van der Waals surface area (Å²) in [6.07, 6.45) is 7.25. The van der Waals surface area contributed by atoms with Crippen LogP contribution >= 0.6 is 0 Å². The van der Waals surface area contributed by atoms with E-state index in [0.717, 1.165) is 68.8 Å². The van der Waals surface area contributed by atoms with Gasteiger partial charge in [0.1, 0.15) is 23.4 Å². The molecular formula is C26H32F2N6O. The molecule has 2 saturated heterocycles. The number of anilines is 1. The van der Waals surface area contributed by atoms with E-state index in [1.807, 2.05) is 13.0 Å². The van der Waals surface area contributed by atoms with Gasteiger partial charge in [-0.2, -0.15) is 5.10 Å². The molecule has 6 rings (SSSR count). The van der Waals surface area contributed by atoms with Crippen LogP contribution in [0.5, 0.6) is 5.75 Å². The number of H-pyrrole nitrogens is 1. The zero-order chi connectivity index (χ0) is 24.0. The first kappa shape index (κ1) is 22.6. The SMILES string of the molecule is CC1(Oc2cc3c(-c4cc(N5CCC(CC6(F)CCNCC6)CC5)ncn4)[nH]nc3cc2F)CC1. The molecule has 0 unspecified atom stereocenters. The molecule has 0 radical (unpaired) electrons. The molecule has 0 amide bonds. The van der Waals surface area contributed by atoms with Crippen LogP contribution in [0.4, 0.5) is 14.6 Å². The second-order valence-corrected chi connectivity index (χ2v) is 10.7. The van der Waals surface area contributed by atoms with Gasteiger partial charge in [-0.1, -0.05) is 0 Å². The molecule has 9 heteroatoms. The molecule has 0 bridgehead atoms. The van der Waals surface area contributed by atoms with Crippen molar-refractivity contribution in [1.82, 2.24) is 25.5 Å². The van der Waals surface area contributed by atoms with E-state index in [1.54, 1.807) is 12.4 Å². The first-order valence-corrected chi connectivity index (χ1v) is 12.7. The third-order valence-corrected chi connectivity index (χ3v) is 7.92. The van der Waals surface area contributed by atoms with Crippen LogP contribution in [0, 0.1) is 11.7 Å². The summed E-state index contributed by atoms with van der Waals surface area (Å²) in [6.45, 7) is 5.25. The van der Waals surface area contributed by atoms with Crippen molar-refractivity contribution in [1.29, 1.82) is 0 Å². The summed E-state index contributed by atoms with van der Waals surface area (Å²) >= 11 is 0. The number of halogens is 2. The van der Waals surface area contributed by atoms with Crippen molar-refractivity contribution in [3.8, 4) is 17.1 Å². The lowest BCUT2D eigenvalue weighted by molar-refractivity contribution is 0.0774. The molecule has 2 N–H and O–H groups in total. The van der Waals surface area contributed by atoms with Gasteiger partial charge < -0.3 is 15.0 Å². The van der Waals surface area contributed by atoms with Gasteiger partial charge in [-0.3, -0.25) is 5.10 Å². The van der Waals surface area contributed by atoms with Crippen molar-refractivity contribution in [3.05, 3.63) is 30.3 Å². The number of hydrogen-bond donors (Lipinski definition) is 2. The number of nitrogens with one attached hydrogen (secondary N) is 2. The number of rotatable bonds is 6. The zero-order valence-electron chi connectivity index (χ0n) is 20.1. The Labute approximate surface area is 203 Å². The highest BCUT2D eigenvalue weighted by Gasteiger charge is 2.41. The molecule has 35 heavy (non-hydrogen) atoms. The molecule has 0 atom stereocenters. The summed E-state index contributed by atoms with van der Waals surface area (Å²) in [4.78, 5) is 11.2. The summed E-state index contributed by atoms with van der Waals surface area (Å²) in [6, 6.07) is 5.07. The summed E-state index contributed by atoms with van der Waals surface area (Å²) in [5.74, 6) is 1.09. The smallest absolute Gasteiger partial charge is 0.167 e. The Balaban J connectivity index is 1.18. The topological polar surface area (TPSA) is 79.0 Å². The van der Waals surface area contributed by atoms with Crippen molar-refractivity contribution < 1.29 is 13.5 Å². The summed E-state index contributed by atoms with van der Waals surface area (Å²) < 4.78 is 35.6. The highest BCUT2D eigenvalue weighted by atomic mass is 19.1. The van der Waals surface area contributed by atoms with Gasteiger partial charge in [0.25, 0.3) is 0 Å². The van der Waals surface area contributed by atoms with E-state index < -0.39 is 11.5 Å². The lowest BCUT2D eigenvalue weighted by Crippen LogP contribution is -2.42. The largest absolute Gasteiger partial charge is 0.484 e. The molecule has 4 heterocycles. The molecule has 0 spiro atoms. The number of fused-ring (bicyclic) bond motifs is 1. The Morgan fingerprint density at radius 2 is 1.86 bits per heavy atom. The van der Waals surface area contributed by atoms with Crippen LogP contribution in [0.3, 0.4) is 0 Å². The van der Waals surface area contributed by atoms with E-state index in [4.69, 9.17) is 4.74 Å². The highest BCUT2D eigenvalue weighted by Crippen LogP contribution is 2.42. The van der Waals surface area contributed by atoms with E-state index in [-0.39, 0.29) is 11.4 Å². The Bertz CT molecular complexity index is 1210. The maximum absolute atomic E-state index is 15.1. The maximum Gasteiger partial charge on any atom is 0.167 e. The highest BCUT2D eigenvalue weighted by molar-refractivity contribution is 5.93. The predicted octanol–water partition coefficient (Wildman–Crippen LogP) is 4.79. The zero-order valence-corrected chi connectivity index (χ0v) is 20.1. The number of piperidine rings is 2. The summed E-state index contributed by atoms with van der Waals surface area (Å²) in [5, 5.41) is 11.3. The molecule has 186 valence electrons. The third kappa shape index (κ3) is 4.70. The van der Waals surface area contributed by atoms with E-state index >= 15 is 4.39 Å². The van der Waals surface area contributed by atoms with Crippen LogP contribution in [0.1, 0.15) is 51.9 Å².